The van der Waals surface area contributed by atoms with Crippen molar-refractivity contribution in [1.29, 1.82) is 0 Å². The average Bonchev–Trinajstić information content (AvgIpc) is 3.08. The monoisotopic (exact) mass is 383 g/mol. The van der Waals surface area contributed by atoms with E-state index in [1.807, 2.05) is 6.07 Å². The Morgan fingerprint density at radius 1 is 1.26 bits per heavy atom. The van der Waals surface area contributed by atoms with E-state index in [0.717, 1.165) is 46.2 Å². The summed E-state index contributed by atoms with van der Waals surface area (Å²) in [7, 11) is 0. The van der Waals surface area contributed by atoms with Gasteiger partial charge in [0.1, 0.15) is 10.6 Å². The maximum atomic E-state index is 11.0. The number of fused-ring (bicyclic) bond motifs is 1. The van der Waals surface area contributed by atoms with Crippen molar-refractivity contribution in [2.24, 2.45) is 0 Å². The van der Waals surface area contributed by atoms with Gasteiger partial charge < -0.3 is 10.2 Å². The van der Waals surface area contributed by atoms with Crippen LogP contribution in [0, 0.1) is 17.0 Å². The molecule has 1 aromatic carbocycles. The smallest absolute Gasteiger partial charge is 0.269 e. The Hall–Kier alpha value is -2.74. The number of piperidine rings is 1. The van der Waals surface area contributed by atoms with Gasteiger partial charge in [0, 0.05) is 31.8 Å². The van der Waals surface area contributed by atoms with Crippen molar-refractivity contribution in [1.82, 2.24) is 9.97 Å². The second-order valence-corrected chi connectivity index (χ2v) is 7.66. The molecule has 0 aliphatic carbocycles. The summed E-state index contributed by atoms with van der Waals surface area (Å²) in [5.41, 5.74) is 2.09. The molecule has 1 aliphatic rings. The number of benzene rings is 1. The van der Waals surface area contributed by atoms with E-state index in [9.17, 15) is 10.1 Å². The molecule has 0 bridgehead atoms. The molecule has 4 rings (SSSR count). The molecule has 140 valence electrons. The van der Waals surface area contributed by atoms with Crippen LogP contribution in [0.2, 0.25) is 0 Å². The molecule has 0 saturated carbocycles. The number of nitro groups is 1. The van der Waals surface area contributed by atoms with Crippen molar-refractivity contribution in [3.8, 4) is 0 Å². The van der Waals surface area contributed by atoms with Crippen molar-refractivity contribution >= 4 is 39.0 Å². The molecule has 0 amide bonds. The SMILES string of the molecule is Cc1csc2nc(N3CCCCC3)nc(NCc3cccc([N+](=O)[O-])c3)c12. The molecule has 27 heavy (non-hydrogen) atoms. The van der Waals surface area contributed by atoms with Gasteiger partial charge in [-0.1, -0.05) is 12.1 Å². The summed E-state index contributed by atoms with van der Waals surface area (Å²) < 4.78 is 0. The van der Waals surface area contributed by atoms with E-state index < -0.39 is 0 Å². The Kier molecular flexibility index (Phi) is 4.89. The van der Waals surface area contributed by atoms with Gasteiger partial charge in [0.15, 0.2) is 0 Å². The number of nitrogens with one attached hydrogen (secondary N) is 1. The van der Waals surface area contributed by atoms with Crippen LogP contribution >= 0.6 is 11.3 Å². The van der Waals surface area contributed by atoms with Gasteiger partial charge in [-0.3, -0.25) is 10.1 Å². The first-order chi connectivity index (χ1) is 13.1. The molecule has 0 unspecified atom stereocenters. The predicted molar refractivity (Wildman–Crippen MR) is 109 cm³/mol. The van der Waals surface area contributed by atoms with Gasteiger partial charge in [-0.15, -0.1) is 11.3 Å². The summed E-state index contributed by atoms with van der Waals surface area (Å²) in [5.74, 6) is 1.57. The minimum Gasteiger partial charge on any atom is -0.365 e. The zero-order valence-electron chi connectivity index (χ0n) is 15.1. The number of nitrogens with zero attached hydrogens (tertiary/aromatic N) is 4. The molecule has 0 radical (unpaired) electrons. The molecule has 1 fully saturated rings. The lowest BCUT2D eigenvalue weighted by molar-refractivity contribution is -0.384. The van der Waals surface area contributed by atoms with Crippen LogP contribution in [-0.2, 0) is 6.54 Å². The number of aryl methyl sites for hydroxylation is 1. The summed E-state index contributed by atoms with van der Waals surface area (Å²) in [6.45, 7) is 4.50. The van der Waals surface area contributed by atoms with Crippen molar-refractivity contribution in [2.45, 2.75) is 32.7 Å². The number of anilines is 2. The molecule has 3 aromatic rings. The summed E-state index contributed by atoms with van der Waals surface area (Å²) >= 11 is 1.63. The minimum atomic E-state index is -0.371. The van der Waals surface area contributed by atoms with E-state index in [1.165, 1.54) is 25.3 Å². The van der Waals surface area contributed by atoms with Gasteiger partial charge in [0.25, 0.3) is 5.69 Å². The Morgan fingerprint density at radius 2 is 2.07 bits per heavy atom. The zero-order chi connectivity index (χ0) is 18.8. The molecule has 1 N–H and O–H groups in total. The van der Waals surface area contributed by atoms with Gasteiger partial charge in [0.05, 0.1) is 10.3 Å². The van der Waals surface area contributed by atoms with E-state index in [-0.39, 0.29) is 10.6 Å². The topological polar surface area (TPSA) is 84.2 Å². The first-order valence-electron chi connectivity index (χ1n) is 9.10. The number of nitro benzene ring substituents is 1. The molecular weight excluding hydrogens is 362 g/mol. The fourth-order valence-corrected chi connectivity index (χ4v) is 4.32. The van der Waals surface area contributed by atoms with Gasteiger partial charge in [-0.05, 0) is 42.7 Å². The summed E-state index contributed by atoms with van der Waals surface area (Å²) in [4.78, 5) is 23.4. The first-order valence-corrected chi connectivity index (χ1v) is 9.98. The minimum absolute atomic E-state index is 0.0999. The average molecular weight is 383 g/mol. The van der Waals surface area contributed by atoms with E-state index in [1.54, 1.807) is 23.5 Å². The van der Waals surface area contributed by atoms with Crippen molar-refractivity contribution in [3.63, 3.8) is 0 Å². The number of rotatable bonds is 5. The summed E-state index contributed by atoms with van der Waals surface area (Å²) in [5, 5.41) is 17.5. The highest BCUT2D eigenvalue weighted by Crippen LogP contribution is 2.32. The van der Waals surface area contributed by atoms with Gasteiger partial charge in [0.2, 0.25) is 5.95 Å². The van der Waals surface area contributed by atoms with Crippen LogP contribution in [0.1, 0.15) is 30.4 Å². The summed E-state index contributed by atoms with van der Waals surface area (Å²) in [6, 6.07) is 6.69. The highest BCUT2D eigenvalue weighted by molar-refractivity contribution is 7.17. The van der Waals surface area contributed by atoms with E-state index >= 15 is 0 Å². The predicted octanol–water partition coefficient (Wildman–Crippen LogP) is 4.51. The molecule has 1 saturated heterocycles. The molecule has 0 atom stereocenters. The molecule has 1 aliphatic heterocycles. The number of aromatic nitrogens is 2. The number of non-ortho nitro benzene ring substituents is 1. The summed E-state index contributed by atoms with van der Waals surface area (Å²) in [6.07, 6.45) is 3.59. The third-order valence-corrected chi connectivity index (χ3v) is 5.82. The van der Waals surface area contributed by atoms with E-state index in [4.69, 9.17) is 9.97 Å². The molecule has 2 aromatic heterocycles. The molecule has 0 spiro atoms. The number of hydrogen-bond donors (Lipinski definition) is 1. The van der Waals surface area contributed by atoms with E-state index in [2.05, 4.69) is 22.5 Å². The van der Waals surface area contributed by atoms with Crippen LogP contribution in [-0.4, -0.2) is 28.0 Å². The Morgan fingerprint density at radius 3 is 2.85 bits per heavy atom. The third kappa shape index (κ3) is 3.71. The fourth-order valence-electron chi connectivity index (χ4n) is 3.40. The van der Waals surface area contributed by atoms with Crippen molar-refractivity contribution in [2.75, 3.05) is 23.3 Å². The molecule has 7 nitrogen and oxygen atoms in total. The first kappa shape index (κ1) is 17.7. The van der Waals surface area contributed by atoms with Crippen LogP contribution in [0.3, 0.4) is 0 Å². The van der Waals surface area contributed by atoms with Crippen LogP contribution in [0.25, 0.3) is 10.2 Å². The maximum Gasteiger partial charge on any atom is 0.269 e. The van der Waals surface area contributed by atoms with Crippen LogP contribution in [0.15, 0.2) is 29.6 Å². The van der Waals surface area contributed by atoms with Gasteiger partial charge in [-0.25, -0.2) is 4.98 Å². The fraction of sp³-hybridized carbons (Fsp3) is 0.368. The number of thiophene rings is 1. The Balaban J connectivity index is 1.64. The maximum absolute atomic E-state index is 11.0. The standard InChI is InChI=1S/C19H21N5O2S/c1-13-12-27-18-16(13)17(21-19(22-18)23-8-3-2-4-9-23)20-11-14-6-5-7-15(10-14)24(25)26/h5-7,10,12H,2-4,8-9,11H2,1H3,(H,20,21,22). The van der Waals surface area contributed by atoms with Crippen LogP contribution < -0.4 is 10.2 Å². The van der Waals surface area contributed by atoms with Gasteiger partial charge in [-0.2, -0.15) is 4.98 Å². The molecule has 3 heterocycles. The quantitative estimate of drug-likeness (QED) is 0.515. The Labute approximate surface area is 161 Å². The second kappa shape index (κ2) is 7.48. The van der Waals surface area contributed by atoms with Crippen LogP contribution in [0.4, 0.5) is 17.5 Å². The number of hydrogen-bond acceptors (Lipinski definition) is 7. The van der Waals surface area contributed by atoms with Crippen LogP contribution in [0.5, 0.6) is 0 Å². The highest BCUT2D eigenvalue weighted by atomic mass is 32.1. The van der Waals surface area contributed by atoms with Crippen molar-refractivity contribution in [3.05, 3.63) is 50.9 Å². The lowest BCUT2D eigenvalue weighted by Crippen LogP contribution is -2.31. The molecular formula is C19H21N5O2S. The zero-order valence-corrected chi connectivity index (χ0v) is 16.0. The largest absolute Gasteiger partial charge is 0.365 e. The van der Waals surface area contributed by atoms with E-state index in [0.29, 0.717) is 6.54 Å². The normalized spacial score (nSPS) is 14.5. The van der Waals surface area contributed by atoms with Gasteiger partial charge >= 0.3 is 0 Å². The second-order valence-electron chi connectivity index (χ2n) is 6.80. The highest BCUT2D eigenvalue weighted by Gasteiger charge is 2.18. The molecule has 8 heteroatoms. The third-order valence-electron chi connectivity index (χ3n) is 4.83. The lowest BCUT2D eigenvalue weighted by atomic mass is 10.1. The van der Waals surface area contributed by atoms with Crippen molar-refractivity contribution < 1.29 is 4.92 Å². The Bertz CT molecular complexity index is 981. The lowest BCUT2D eigenvalue weighted by Gasteiger charge is -2.27.